The normalized spacial score (nSPS) is 15.2. The Morgan fingerprint density at radius 3 is 2.64 bits per heavy atom. The lowest BCUT2D eigenvalue weighted by Crippen LogP contribution is -2.16. The van der Waals surface area contributed by atoms with Crippen molar-refractivity contribution in [3.05, 3.63) is 35.9 Å². The number of hydrazine groups is 1. The van der Waals surface area contributed by atoms with Gasteiger partial charge in [0.2, 0.25) is 0 Å². The highest BCUT2D eigenvalue weighted by molar-refractivity contribution is 5.76. The van der Waals surface area contributed by atoms with Crippen LogP contribution in [0.4, 0.5) is 11.5 Å². The van der Waals surface area contributed by atoms with E-state index in [1.807, 2.05) is 44.2 Å². The fourth-order valence-corrected chi connectivity index (χ4v) is 2.65. The van der Waals surface area contributed by atoms with E-state index in [1.165, 1.54) is 0 Å². The molecule has 3 N–H and O–H groups in total. The van der Waals surface area contributed by atoms with Crippen LogP contribution in [0.1, 0.15) is 19.4 Å². The van der Waals surface area contributed by atoms with E-state index in [1.54, 1.807) is 4.52 Å². The number of rotatable bonds is 2. The van der Waals surface area contributed by atoms with Gasteiger partial charge in [0.1, 0.15) is 11.2 Å². The topological polar surface area (TPSA) is 106 Å². The molecule has 2 aromatic heterocycles. The molecule has 0 bridgehead atoms. The summed E-state index contributed by atoms with van der Waals surface area (Å²) < 4.78 is 1.68. The van der Waals surface area contributed by atoms with Gasteiger partial charge >= 0.3 is 0 Å². The van der Waals surface area contributed by atoms with Crippen LogP contribution in [-0.2, 0) is 5.54 Å². The Kier molecular flexibility index (Phi) is 2.52. The summed E-state index contributed by atoms with van der Waals surface area (Å²) >= 11 is 0. The van der Waals surface area contributed by atoms with E-state index in [0.717, 1.165) is 11.1 Å². The number of nitrogens with zero attached hydrogens (tertiary/aromatic N) is 6. The Morgan fingerprint density at radius 1 is 1.14 bits per heavy atom. The fraction of sp³-hybridized carbons (Fsp3) is 0.214. The van der Waals surface area contributed by atoms with Crippen molar-refractivity contribution in [3.63, 3.8) is 0 Å². The molecule has 1 aliphatic heterocycles. The smallest absolute Gasteiger partial charge is 0.189 e. The number of nitrogen functional groups attached to an aromatic ring is 1. The van der Waals surface area contributed by atoms with Crippen LogP contribution in [0.25, 0.3) is 17.0 Å². The highest BCUT2D eigenvalue weighted by Gasteiger charge is 2.35. The first-order chi connectivity index (χ1) is 10.6. The van der Waals surface area contributed by atoms with Crippen LogP contribution in [0.5, 0.6) is 0 Å². The molecule has 1 aromatic carbocycles. The molecule has 4 rings (SSSR count). The number of azo groups is 1. The molecule has 0 spiro atoms. The second kappa shape index (κ2) is 4.31. The fourth-order valence-electron chi connectivity index (χ4n) is 2.65. The Balaban J connectivity index is 2.07. The summed E-state index contributed by atoms with van der Waals surface area (Å²) in [6.45, 7) is 3.94. The molecular weight excluding hydrogens is 280 g/mol. The Hall–Kier alpha value is -2.87. The minimum atomic E-state index is -0.494. The molecule has 0 atom stereocenters. The van der Waals surface area contributed by atoms with Gasteiger partial charge in [0, 0.05) is 5.56 Å². The van der Waals surface area contributed by atoms with Crippen molar-refractivity contribution < 1.29 is 0 Å². The number of hydrogen-bond donors (Lipinski definition) is 2. The van der Waals surface area contributed by atoms with Gasteiger partial charge in [-0.05, 0) is 13.8 Å². The van der Waals surface area contributed by atoms with Gasteiger partial charge in [0.05, 0.1) is 5.56 Å². The second-order valence-electron chi connectivity index (χ2n) is 5.60. The van der Waals surface area contributed by atoms with Crippen molar-refractivity contribution in [1.82, 2.24) is 19.8 Å². The molecule has 1 aliphatic rings. The van der Waals surface area contributed by atoms with Gasteiger partial charge in [0.25, 0.3) is 0 Å². The van der Waals surface area contributed by atoms with Crippen molar-refractivity contribution in [2.24, 2.45) is 16.1 Å². The van der Waals surface area contributed by atoms with Crippen LogP contribution in [0.3, 0.4) is 0 Å². The third-order valence-electron chi connectivity index (χ3n) is 3.71. The van der Waals surface area contributed by atoms with Crippen LogP contribution in [-0.4, -0.2) is 19.8 Å². The third-order valence-corrected chi connectivity index (χ3v) is 3.71. The Morgan fingerprint density at radius 2 is 1.91 bits per heavy atom. The molecule has 0 saturated heterocycles. The van der Waals surface area contributed by atoms with Crippen LogP contribution < -0.4 is 11.3 Å². The maximum absolute atomic E-state index is 5.59. The molecule has 3 heterocycles. The van der Waals surface area contributed by atoms with Gasteiger partial charge in [-0.2, -0.15) is 14.7 Å². The Labute approximate surface area is 126 Å². The van der Waals surface area contributed by atoms with Crippen LogP contribution in [0.2, 0.25) is 0 Å². The summed E-state index contributed by atoms with van der Waals surface area (Å²) in [5.74, 6) is 6.69. The Bertz CT molecular complexity index is 894. The highest BCUT2D eigenvalue weighted by atomic mass is 15.4. The summed E-state index contributed by atoms with van der Waals surface area (Å²) in [5, 5.41) is 21.5. The van der Waals surface area contributed by atoms with E-state index in [9.17, 15) is 0 Å². The molecule has 0 saturated carbocycles. The molecule has 0 fully saturated rings. The molecule has 0 amide bonds. The predicted octanol–water partition coefficient (Wildman–Crippen LogP) is 2.41. The number of nitrogens with one attached hydrogen (secondary N) is 1. The number of nitrogens with two attached hydrogens (primary N) is 1. The van der Waals surface area contributed by atoms with E-state index < -0.39 is 5.54 Å². The first kappa shape index (κ1) is 12.8. The van der Waals surface area contributed by atoms with Gasteiger partial charge in [-0.15, -0.1) is 15.3 Å². The predicted molar refractivity (Wildman–Crippen MR) is 81.6 cm³/mol. The van der Waals surface area contributed by atoms with Crippen molar-refractivity contribution >= 4 is 17.2 Å². The van der Waals surface area contributed by atoms with E-state index in [4.69, 9.17) is 5.84 Å². The van der Waals surface area contributed by atoms with Crippen LogP contribution >= 0.6 is 0 Å². The average Bonchev–Trinajstić information content (AvgIpc) is 3.08. The zero-order valence-corrected chi connectivity index (χ0v) is 12.1. The van der Waals surface area contributed by atoms with Gasteiger partial charge in [-0.1, -0.05) is 30.3 Å². The highest BCUT2D eigenvalue weighted by Crippen LogP contribution is 2.45. The minimum Gasteiger partial charge on any atom is -0.305 e. The molecule has 8 nitrogen and oxygen atoms in total. The second-order valence-corrected chi connectivity index (χ2v) is 5.60. The third kappa shape index (κ3) is 1.64. The van der Waals surface area contributed by atoms with E-state index in [-0.39, 0.29) is 0 Å². The zero-order valence-electron chi connectivity index (χ0n) is 12.1. The van der Waals surface area contributed by atoms with E-state index >= 15 is 0 Å². The summed E-state index contributed by atoms with van der Waals surface area (Å²) in [4.78, 5) is 0. The molecule has 3 aromatic rings. The maximum Gasteiger partial charge on any atom is 0.189 e. The number of fused-ring (bicyclic) bond motifs is 3. The number of aromatic nitrogens is 4. The van der Waals surface area contributed by atoms with Crippen LogP contribution in [0, 0.1) is 0 Å². The molecule has 0 aliphatic carbocycles. The molecule has 110 valence electrons. The van der Waals surface area contributed by atoms with Crippen molar-refractivity contribution in [2.45, 2.75) is 19.4 Å². The quantitative estimate of drug-likeness (QED) is 0.557. The van der Waals surface area contributed by atoms with Gasteiger partial charge in [-0.3, -0.25) is 0 Å². The minimum absolute atomic E-state index is 0.453. The lowest BCUT2D eigenvalue weighted by atomic mass is 9.96. The molecule has 0 radical (unpaired) electrons. The first-order valence-corrected chi connectivity index (χ1v) is 6.86. The lowest BCUT2D eigenvalue weighted by Gasteiger charge is -2.15. The standard InChI is InChI=1S/C14H14N8/c1-14(2)9-10(17-21-14)11(16-15)20-22-12(18-19-13(9)22)8-6-4-3-5-7-8/h3-7H,15H2,1-2H3,(H,16,20). The van der Waals surface area contributed by atoms with Crippen molar-refractivity contribution in [1.29, 1.82) is 0 Å². The monoisotopic (exact) mass is 294 g/mol. The summed E-state index contributed by atoms with van der Waals surface area (Å²) in [7, 11) is 0. The van der Waals surface area contributed by atoms with Crippen molar-refractivity contribution in [3.8, 4) is 11.4 Å². The molecular formula is C14H14N8. The lowest BCUT2D eigenvalue weighted by molar-refractivity contribution is 0.556. The van der Waals surface area contributed by atoms with Crippen LogP contribution in [0.15, 0.2) is 40.6 Å². The van der Waals surface area contributed by atoms with Gasteiger partial charge in [-0.25, -0.2) is 5.84 Å². The van der Waals surface area contributed by atoms with Gasteiger partial charge in [0.15, 0.2) is 17.3 Å². The maximum atomic E-state index is 5.59. The number of anilines is 1. The first-order valence-electron chi connectivity index (χ1n) is 6.86. The molecule has 22 heavy (non-hydrogen) atoms. The average molecular weight is 294 g/mol. The number of hydrogen-bond acceptors (Lipinski definition) is 7. The SMILES string of the molecule is CC1(C)N=Nc2c(NN)nn3c(-c4ccccc4)nnc3c21. The number of benzene rings is 1. The zero-order chi connectivity index (χ0) is 15.3. The summed E-state index contributed by atoms with van der Waals surface area (Å²) in [6, 6.07) is 9.76. The molecule has 0 unspecified atom stereocenters. The van der Waals surface area contributed by atoms with Crippen molar-refractivity contribution in [2.75, 3.05) is 5.43 Å². The largest absolute Gasteiger partial charge is 0.305 e. The summed E-state index contributed by atoms with van der Waals surface area (Å²) in [6.07, 6.45) is 0. The van der Waals surface area contributed by atoms with E-state index in [0.29, 0.717) is 23.0 Å². The van der Waals surface area contributed by atoms with E-state index in [2.05, 4.69) is 31.0 Å². The van der Waals surface area contributed by atoms with Gasteiger partial charge < -0.3 is 5.43 Å². The molecule has 8 heteroatoms. The summed E-state index contributed by atoms with van der Waals surface area (Å²) in [5.41, 5.74) is 5.14.